The summed E-state index contributed by atoms with van der Waals surface area (Å²) in [4.78, 5) is 20.4. The Bertz CT molecular complexity index is 865. The van der Waals surface area contributed by atoms with Crippen LogP contribution < -0.4 is 4.90 Å². The normalized spacial score (nSPS) is 15.2. The molecular formula is C17H21N7. The highest BCUT2D eigenvalue weighted by molar-refractivity contribution is 5.63. The summed E-state index contributed by atoms with van der Waals surface area (Å²) < 4.78 is 1.80. The Kier molecular flexibility index (Phi) is 3.84. The van der Waals surface area contributed by atoms with Gasteiger partial charge in [0.05, 0.1) is 11.4 Å². The molecule has 1 aliphatic heterocycles. The number of piperidine rings is 1. The molecule has 1 saturated heterocycles. The second-order valence-corrected chi connectivity index (χ2v) is 6.14. The van der Waals surface area contributed by atoms with E-state index in [1.54, 1.807) is 4.52 Å². The van der Waals surface area contributed by atoms with Crippen LogP contribution in [0.1, 0.15) is 37.7 Å². The van der Waals surface area contributed by atoms with Crippen LogP contribution in [0.25, 0.3) is 17.0 Å². The number of rotatable bonds is 3. The van der Waals surface area contributed by atoms with Crippen molar-refractivity contribution in [1.29, 1.82) is 0 Å². The Morgan fingerprint density at radius 2 is 1.92 bits per heavy atom. The molecule has 1 fully saturated rings. The van der Waals surface area contributed by atoms with Crippen molar-refractivity contribution >= 4 is 11.7 Å². The first-order valence-corrected chi connectivity index (χ1v) is 8.56. The second-order valence-electron chi connectivity index (χ2n) is 6.14. The lowest BCUT2D eigenvalue weighted by Gasteiger charge is -2.26. The molecule has 0 aliphatic carbocycles. The number of hydrogen-bond acceptors (Lipinski definition) is 6. The Morgan fingerprint density at radius 1 is 1.08 bits per heavy atom. The largest absolute Gasteiger partial charge is 0.341 e. The molecule has 0 amide bonds. The molecule has 0 bridgehead atoms. The van der Waals surface area contributed by atoms with Crippen LogP contribution in [0.4, 0.5) is 5.95 Å². The predicted octanol–water partition coefficient (Wildman–Crippen LogP) is 2.44. The summed E-state index contributed by atoms with van der Waals surface area (Å²) in [5, 5.41) is 4.52. The van der Waals surface area contributed by atoms with Gasteiger partial charge in [-0.3, -0.25) is 0 Å². The maximum absolute atomic E-state index is 4.77. The lowest BCUT2D eigenvalue weighted by molar-refractivity contribution is 0.568. The van der Waals surface area contributed by atoms with Crippen LogP contribution in [-0.2, 0) is 6.42 Å². The first kappa shape index (κ1) is 15.0. The van der Waals surface area contributed by atoms with Gasteiger partial charge in [0.1, 0.15) is 0 Å². The molecule has 0 N–H and O–H groups in total. The molecule has 3 aromatic rings. The molecule has 0 unspecified atom stereocenters. The predicted molar refractivity (Wildman–Crippen MR) is 92.0 cm³/mol. The zero-order chi connectivity index (χ0) is 16.5. The molecule has 7 heteroatoms. The Morgan fingerprint density at radius 3 is 2.71 bits per heavy atom. The molecule has 3 aromatic heterocycles. The summed E-state index contributed by atoms with van der Waals surface area (Å²) in [7, 11) is 0. The highest BCUT2D eigenvalue weighted by atomic mass is 15.3. The maximum Gasteiger partial charge on any atom is 0.252 e. The van der Waals surface area contributed by atoms with E-state index in [1.807, 2.05) is 32.3 Å². The first-order valence-electron chi connectivity index (χ1n) is 8.56. The summed E-state index contributed by atoms with van der Waals surface area (Å²) in [5.74, 6) is 2.25. The number of nitrogens with zero attached hydrogens (tertiary/aromatic N) is 7. The SMILES string of the molecule is CCc1nc2ncc(-c3ccnc(N4CCCCC4)n3)c(C)n2n1. The van der Waals surface area contributed by atoms with Gasteiger partial charge in [-0.05, 0) is 32.3 Å². The van der Waals surface area contributed by atoms with Crippen molar-refractivity contribution in [3.8, 4) is 11.3 Å². The molecule has 0 spiro atoms. The van der Waals surface area contributed by atoms with Crippen LogP contribution in [-0.4, -0.2) is 42.6 Å². The summed E-state index contributed by atoms with van der Waals surface area (Å²) in [6.07, 6.45) is 8.17. The van der Waals surface area contributed by atoms with Gasteiger partial charge < -0.3 is 4.90 Å². The van der Waals surface area contributed by atoms with Gasteiger partial charge >= 0.3 is 0 Å². The summed E-state index contributed by atoms with van der Waals surface area (Å²) in [6.45, 7) is 6.13. The van der Waals surface area contributed by atoms with Gasteiger partial charge in [-0.15, -0.1) is 5.10 Å². The zero-order valence-electron chi connectivity index (χ0n) is 14.1. The number of aromatic nitrogens is 6. The van der Waals surface area contributed by atoms with Crippen molar-refractivity contribution in [2.24, 2.45) is 0 Å². The fourth-order valence-electron chi connectivity index (χ4n) is 3.13. The molecule has 0 saturated carbocycles. The van der Waals surface area contributed by atoms with Crippen LogP contribution in [0.3, 0.4) is 0 Å². The van der Waals surface area contributed by atoms with Crippen molar-refractivity contribution in [3.05, 3.63) is 30.0 Å². The van der Waals surface area contributed by atoms with Gasteiger partial charge in [-0.1, -0.05) is 6.92 Å². The van der Waals surface area contributed by atoms with Gasteiger partial charge in [0.15, 0.2) is 5.82 Å². The maximum atomic E-state index is 4.77. The fourth-order valence-corrected chi connectivity index (χ4v) is 3.13. The quantitative estimate of drug-likeness (QED) is 0.737. The molecule has 0 atom stereocenters. The van der Waals surface area contributed by atoms with Crippen molar-refractivity contribution in [2.75, 3.05) is 18.0 Å². The number of anilines is 1. The van der Waals surface area contributed by atoms with E-state index in [4.69, 9.17) is 4.98 Å². The van der Waals surface area contributed by atoms with Crippen molar-refractivity contribution < 1.29 is 0 Å². The molecule has 1 aliphatic rings. The third kappa shape index (κ3) is 2.60. The minimum atomic E-state index is 0.637. The van der Waals surface area contributed by atoms with E-state index in [0.717, 1.165) is 48.2 Å². The average molecular weight is 323 g/mol. The average Bonchev–Trinajstić information content (AvgIpc) is 3.07. The highest BCUT2D eigenvalue weighted by Gasteiger charge is 2.16. The van der Waals surface area contributed by atoms with E-state index in [2.05, 4.69) is 25.0 Å². The standard InChI is InChI=1S/C17H21N7/c1-3-15-21-17-19-11-13(12(2)24(17)22-15)14-7-8-18-16(20-14)23-9-5-4-6-10-23/h7-8,11H,3-6,9-10H2,1-2H3. The van der Waals surface area contributed by atoms with Gasteiger partial charge in [0, 0.05) is 37.5 Å². The topological polar surface area (TPSA) is 72.1 Å². The van der Waals surface area contributed by atoms with Gasteiger partial charge in [-0.2, -0.15) is 4.98 Å². The summed E-state index contributed by atoms with van der Waals surface area (Å²) in [6, 6.07) is 1.93. The van der Waals surface area contributed by atoms with Crippen LogP contribution in [0.15, 0.2) is 18.5 Å². The van der Waals surface area contributed by atoms with E-state index < -0.39 is 0 Å². The molecule has 24 heavy (non-hydrogen) atoms. The van der Waals surface area contributed by atoms with E-state index in [1.165, 1.54) is 19.3 Å². The number of aryl methyl sites for hydroxylation is 2. The fraction of sp³-hybridized carbons (Fsp3) is 0.471. The monoisotopic (exact) mass is 323 g/mol. The highest BCUT2D eigenvalue weighted by Crippen LogP contribution is 2.23. The molecule has 124 valence electrons. The van der Waals surface area contributed by atoms with Gasteiger partial charge in [0.2, 0.25) is 5.95 Å². The minimum Gasteiger partial charge on any atom is -0.341 e. The molecule has 7 nitrogen and oxygen atoms in total. The van der Waals surface area contributed by atoms with Crippen LogP contribution >= 0.6 is 0 Å². The smallest absolute Gasteiger partial charge is 0.252 e. The van der Waals surface area contributed by atoms with Crippen molar-refractivity contribution in [1.82, 2.24) is 29.5 Å². The van der Waals surface area contributed by atoms with Gasteiger partial charge in [-0.25, -0.2) is 19.5 Å². The third-order valence-electron chi connectivity index (χ3n) is 4.52. The molecular weight excluding hydrogens is 302 g/mol. The van der Waals surface area contributed by atoms with Crippen LogP contribution in [0, 0.1) is 6.92 Å². The molecule has 0 aromatic carbocycles. The zero-order valence-corrected chi connectivity index (χ0v) is 14.1. The van der Waals surface area contributed by atoms with E-state index in [0.29, 0.717) is 5.78 Å². The van der Waals surface area contributed by atoms with E-state index in [-0.39, 0.29) is 0 Å². The Hall–Kier alpha value is -2.57. The second kappa shape index (κ2) is 6.14. The summed E-state index contributed by atoms with van der Waals surface area (Å²) in [5.41, 5.74) is 2.84. The van der Waals surface area contributed by atoms with E-state index in [9.17, 15) is 0 Å². The van der Waals surface area contributed by atoms with Crippen molar-refractivity contribution in [3.63, 3.8) is 0 Å². The van der Waals surface area contributed by atoms with Crippen LogP contribution in [0.5, 0.6) is 0 Å². The molecule has 4 heterocycles. The lowest BCUT2D eigenvalue weighted by Crippen LogP contribution is -2.31. The first-order chi connectivity index (χ1) is 11.8. The minimum absolute atomic E-state index is 0.637. The van der Waals surface area contributed by atoms with Crippen LogP contribution in [0.2, 0.25) is 0 Å². The molecule has 0 radical (unpaired) electrons. The molecule has 4 rings (SSSR count). The number of hydrogen-bond donors (Lipinski definition) is 0. The van der Waals surface area contributed by atoms with Crippen molar-refractivity contribution in [2.45, 2.75) is 39.5 Å². The number of fused-ring (bicyclic) bond motifs is 1. The lowest BCUT2D eigenvalue weighted by atomic mass is 10.1. The summed E-state index contributed by atoms with van der Waals surface area (Å²) >= 11 is 0. The third-order valence-corrected chi connectivity index (χ3v) is 4.52. The van der Waals surface area contributed by atoms with Gasteiger partial charge in [0.25, 0.3) is 5.78 Å². The Balaban J connectivity index is 1.75. The Labute approximate surface area is 140 Å². The van der Waals surface area contributed by atoms with E-state index >= 15 is 0 Å².